The van der Waals surface area contributed by atoms with Crippen molar-refractivity contribution in [2.75, 3.05) is 19.6 Å². The molecule has 0 fully saturated rings. The van der Waals surface area contributed by atoms with Crippen molar-refractivity contribution >= 4 is 17.2 Å². The van der Waals surface area contributed by atoms with Gasteiger partial charge in [-0.15, -0.1) is 11.3 Å². The van der Waals surface area contributed by atoms with E-state index >= 15 is 0 Å². The second-order valence-corrected chi connectivity index (χ2v) is 6.10. The Bertz CT molecular complexity index is 659. The van der Waals surface area contributed by atoms with Crippen molar-refractivity contribution in [2.24, 2.45) is 0 Å². The second-order valence-electron chi connectivity index (χ2n) is 4.90. The fraction of sp³-hybridized carbons (Fsp3) is 0.333. The maximum Gasteiger partial charge on any atom is 0.271 e. The molecule has 2 aromatic rings. The first-order valence-electron chi connectivity index (χ1n) is 6.92. The second kappa shape index (κ2) is 6.24. The largest absolute Gasteiger partial charge is 0.462 e. The van der Waals surface area contributed by atoms with Crippen molar-refractivity contribution in [3.8, 4) is 10.8 Å². The van der Waals surface area contributed by atoms with Crippen LogP contribution in [0.15, 0.2) is 34.5 Å². The highest BCUT2D eigenvalue weighted by molar-refractivity contribution is 7.15. The first kappa shape index (κ1) is 14.0. The number of carbonyl (C=O) groups excluding carboxylic acids is 1. The summed E-state index contributed by atoms with van der Waals surface area (Å²) in [7, 11) is 0. The Hall–Kier alpha value is -1.92. The van der Waals surface area contributed by atoms with Crippen LogP contribution >= 0.6 is 11.3 Å². The first-order chi connectivity index (χ1) is 10.2. The molecule has 0 radical (unpaired) electrons. The molecule has 0 atom stereocenters. The quantitative estimate of drug-likeness (QED) is 0.851. The predicted molar refractivity (Wildman–Crippen MR) is 82.5 cm³/mol. The van der Waals surface area contributed by atoms with Crippen molar-refractivity contribution < 1.29 is 9.21 Å². The van der Waals surface area contributed by atoms with Crippen molar-refractivity contribution in [1.82, 2.24) is 15.6 Å². The van der Waals surface area contributed by atoms with Crippen molar-refractivity contribution in [2.45, 2.75) is 13.3 Å². The molecule has 2 aromatic heterocycles. The lowest BCUT2D eigenvalue weighted by atomic mass is 10.1. The SMILES string of the molecule is Cc1sc(-c2ccco2)nc1C(=O)NCC1=CCNCC1. The highest BCUT2D eigenvalue weighted by Gasteiger charge is 2.17. The third kappa shape index (κ3) is 3.22. The van der Waals surface area contributed by atoms with Gasteiger partial charge in [-0.1, -0.05) is 11.6 Å². The number of hydrogen-bond donors (Lipinski definition) is 2. The van der Waals surface area contributed by atoms with Crippen molar-refractivity contribution in [1.29, 1.82) is 0 Å². The lowest BCUT2D eigenvalue weighted by molar-refractivity contribution is 0.0952. The summed E-state index contributed by atoms with van der Waals surface area (Å²) in [4.78, 5) is 17.5. The summed E-state index contributed by atoms with van der Waals surface area (Å²) in [6.07, 6.45) is 4.72. The van der Waals surface area contributed by atoms with Gasteiger partial charge in [-0.25, -0.2) is 4.98 Å². The molecule has 110 valence electrons. The number of nitrogens with one attached hydrogen (secondary N) is 2. The summed E-state index contributed by atoms with van der Waals surface area (Å²) in [5.74, 6) is 0.573. The van der Waals surface area contributed by atoms with Gasteiger partial charge in [0.2, 0.25) is 0 Å². The Morgan fingerprint density at radius 3 is 3.19 bits per heavy atom. The maximum atomic E-state index is 12.3. The Morgan fingerprint density at radius 1 is 1.57 bits per heavy atom. The molecule has 1 amide bonds. The number of hydrogen-bond acceptors (Lipinski definition) is 5. The summed E-state index contributed by atoms with van der Waals surface area (Å²) in [5, 5.41) is 6.94. The molecule has 0 saturated carbocycles. The highest BCUT2D eigenvalue weighted by atomic mass is 32.1. The highest BCUT2D eigenvalue weighted by Crippen LogP contribution is 2.27. The van der Waals surface area contributed by atoms with Gasteiger partial charge in [0.15, 0.2) is 10.8 Å². The van der Waals surface area contributed by atoms with Gasteiger partial charge in [0, 0.05) is 18.0 Å². The minimum absolute atomic E-state index is 0.124. The number of amides is 1. The predicted octanol–water partition coefficient (Wildman–Crippen LogP) is 2.36. The van der Waals surface area contributed by atoms with Gasteiger partial charge in [0.1, 0.15) is 5.69 Å². The van der Waals surface area contributed by atoms with Gasteiger partial charge >= 0.3 is 0 Å². The molecule has 6 heteroatoms. The Morgan fingerprint density at radius 2 is 2.48 bits per heavy atom. The number of aromatic nitrogens is 1. The lowest BCUT2D eigenvalue weighted by Crippen LogP contribution is -2.30. The van der Waals surface area contributed by atoms with E-state index in [9.17, 15) is 4.79 Å². The van der Waals surface area contributed by atoms with Gasteiger partial charge in [-0.2, -0.15) is 0 Å². The fourth-order valence-electron chi connectivity index (χ4n) is 2.22. The van der Waals surface area contributed by atoms with Crippen LogP contribution in [0.25, 0.3) is 10.8 Å². The molecule has 3 rings (SSSR count). The lowest BCUT2D eigenvalue weighted by Gasteiger charge is -2.14. The topological polar surface area (TPSA) is 67.2 Å². The van der Waals surface area contributed by atoms with Gasteiger partial charge in [0.25, 0.3) is 5.91 Å². The van der Waals surface area contributed by atoms with E-state index in [0.717, 1.165) is 29.4 Å². The van der Waals surface area contributed by atoms with E-state index in [4.69, 9.17) is 4.42 Å². The molecule has 2 N–H and O–H groups in total. The molecule has 21 heavy (non-hydrogen) atoms. The average Bonchev–Trinajstić information content (AvgIpc) is 3.15. The molecule has 1 aliphatic heterocycles. The number of furan rings is 1. The number of carbonyl (C=O) groups is 1. The van der Waals surface area contributed by atoms with Gasteiger partial charge < -0.3 is 15.1 Å². The third-order valence-electron chi connectivity index (χ3n) is 3.38. The molecule has 1 aliphatic rings. The zero-order valence-corrected chi connectivity index (χ0v) is 12.6. The number of thiazole rings is 1. The average molecular weight is 303 g/mol. The van der Waals surface area contributed by atoms with Crippen molar-refractivity contribution in [3.63, 3.8) is 0 Å². The first-order valence-corrected chi connectivity index (χ1v) is 7.74. The number of nitrogens with zero attached hydrogens (tertiary/aromatic N) is 1. The standard InChI is InChI=1S/C15H17N3O2S/c1-10-13(18-15(21-10)12-3-2-8-20-12)14(19)17-9-11-4-6-16-7-5-11/h2-4,8,16H,5-7,9H2,1H3,(H,17,19). The third-order valence-corrected chi connectivity index (χ3v) is 4.36. The fourth-order valence-corrected chi connectivity index (χ4v) is 3.10. The zero-order valence-electron chi connectivity index (χ0n) is 11.8. The molecule has 0 bridgehead atoms. The minimum atomic E-state index is -0.124. The van der Waals surface area contributed by atoms with Crippen LogP contribution in [-0.2, 0) is 0 Å². The summed E-state index contributed by atoms with van der Waals surface area (Å²) >= 11 is 1.47. The van der Waals surface area contributed by atoms with Crippen LogP contribution in [0.1, 0.15) is 21.8 Å². The Labute approximate surface area is 127 Å². The molecule has 0 saturated heterocycles. The van der Waals surface area contributed by atoms with Crippen LogP contribution in [0.4, 0.5) is 0 Å². The molecule has 0 spiro atoms. The normalized spacial score (nSPS) is 14.8. The van der Waals surface area contributed by atoms with Crippen LogP contribution in [0.5, 0.6) is 0 Å². The van der Waals surface area contributed by atoms with Gasteiger partial charge in [-0.3, -0.25) is 4.79 Å². The summed E-state index contributed by atoms with van der Waals surface area (Å²) in [6.45, 7) is 4.35. The van der Waals surface area contributed by atoms with E-state index in [0.29, 0.717) is 18.0 Å². The molecular weight excluding hydrogens is 286 g/mol. The molecule has 5 nitrogen and oxygen atoms in total. The van der Waals surface area contributed by atoms with E-state index in [-0.39, 0.29) is 5.91 Å². The van der Waals surface area contributed by atoms with E-state index in [1.165, 1.54) is 16.9 Å². The molecule has 3 heterocycles. The summed E-state index contributed by atoms with van der Waals surface area (Å²) in [5.41, 5.74) is 1.75. The van der Waals surface area contributed by atoms with Crippen LogP contribution in [0, 0.1) is 6.92 Å². The van der Waals surface area contributed by atoms with Crippen molar-refractivity contribution in [3.05, 3.63) is 40.6 Å². The van der Waals surface area contributed by atoms with E-state index < -0.39 is 0 Å². The zero-order chi connectivity index (χ0) is 14.7. The summed E-state index contributed by atoms with van der Waals surface area (Å²) < 4.78 is 5.32. The van der Waals surface area contributed by atoms with Crippen LogP contribution in [0.2, 0.25) is 0 Å². The van der Waals surface area contributed by atoms with Gasteiger partial charge in [-0.05, 0) is 32.0 Å². The smallest absolute Gasteiger partial charge is 0.271 e. The molecular formula is C15H17N3O2S. The maximum absolute atomic E-state index is 12.3. The molecule has 0 aromatic carbocycles. The minimum Gasteiger partial charge on any atom is -0.462 e. The number of aryl methyl sites for hydroxylation is 1. The van der Waals surface area contributed by atoms with E-state index in [2.05, 4.69) is 21.7 Å². The number of rotatable bonds is 4. The molecule has 0 aliphatic carbocycles. The van der Waals surface area contributed by atoms with Crippen LogP contribution < -0.4 is 10.6 Å². The Kier molecular flexibility index (Phi) is 4.17. The van der Waals surface area contributed by atoms with E-state index in [1.54, 1.807) is 6.26 Å². The molecule has 0 unspecified atom stereocenters. The van der Waals surface area contributed by atoms with Gasteiger partial charge in [0.05, 0.1) is 6.26 Å². The summed E-state index contributed by atoms with van der Waals surface area (Å²) in [6, 6.07) is 3.66. The van der Waals surface area contributed by atoms with Crippen LogP contribution in [-0.4, -0.2) is 30.5 Å². The Balaban J connectivity index is 1.68. The van der Waals surface area contributed by atoms with Crippen LogP contribution in [0.3, 0.4) is 0 Å². The van der Waals surface area contributed by atoms with E-state index in [1.807, 2.05) is 19.1 Å². The monoisotopic (exact) mass is 303 g/mol.